The molecule has 1 atom stereocenters. The Morgan fingerprint density at radius 1 is 1.42 bits per heavy atom. The van der Waals surface area contributed by atoms with Crippen LogP contribution >= 0.6 is 11.6 Å². The van der Waals surface area contributed by atoms with E-state index in [1.54, 1.807) is 20.8 Å². The van der Waals surface area contributed by atoms with Crippen LogP contribution in [0.3, 0.4) is 0 Å². The number of rotatable bonds is 5. The Hall–Kier alpha value is -1.82. The van der Waals surface area contributed by atoms with E-state index in [-0.39, 0.29) is 43.4 Å². The lowest BCUT2D eigenvalue weighted by atomic mass is 9.76. The predicted molar refractivity (Wildman–Crippen MR) is 90.6 cm³/mol. The highest BCUT2D eigenvalue weighted by Crippen LogP contribution is 2.36. The molecule has 0 aromatic rings. The SMILES string of the molecule is C=CCOC(=O)C1(CC(=C)Cl)CN(C(=O)OC(C)(C)C)CCC1=O. The first-order valence-electron chi connectivity index (χ1n) is 7.64. The van der Waals surface area contributed by atoms with Crippen molar-refractivity contribution in [2.75, 3.05) is 19.7 Å². The topological polar surface area (TPSA) is 72.9 Å². The molecule has 0 aliphatic carbocycles. The summed E-state index contributed by atoms with van der Waals surface area (Å²) < 4.78 is 10.4. The zero-order chi connectivity index (χ0) is 18.5. The molecule has 0 saturated carbocycles. The summed E-state index contributed by atoms with van der Waals surface area (Å²) in [4.78, 5) is 38.6. The Kier molecular flexibility index (Phi) is 6.60. The maximum atomic E-state index is 12.5. The van der Waals surface area contributed by atoms with Crippen molar-refractivity contribution in [3.8, 4) is 0 Å². The summed E-state index contributed by atoms with van der Waals surface area (Å²) in [5, 5.41) is 0.143. The van der Waals surface area contributed by atoms with Crippen molar-refractivity contribution in [2.45, 2.75) is 39.2 Å². The fourth-order valence-corrected chi connectivity index (χ4v) is 2.68. The van der Waals surface area contributed by atoms with E-state index in [4.69, 9.17) is 21.1 Å². The molecule has 0 radical (unpaired) electrons. The van der Waals surface area contributed by atoms with Crippen molar-refractivity contribution in [3.05, 3.63) is 24.3 Å². The molecule has 0 N–H and O–H groups in total. The molecule has 24 heavy (non-hydrogen) atoms. The maximum absolute atomic E-state index is 12.5. The Balaban J connectivity index is 3.08. The summed E-state index contributed by atoms with van der Waals surface area (Å²) in [7, 11) is 0. The Labute approximate surface area is 147 Å². The highest BCUT2D eigenvalue weighted by molar-refractivity contribution is 6.29. The summed E-state index contributed by atoms with van der Waals surface area (Å²) in [6.07, 6.45) is 0.742. The second kappa shape index (κ2) is 7.83. The average molecular weight is 358 g/mol. The summed E-state index contributed by atoms with van der Waals surface area (Å²) in [5.74, 6) is -1.05. The molecule has 0 spiro atoms. The van der Waals surface area contributed by atoms with Gasteiger partial charge < -0.3 is 14.4 Å². The quantitative estimate of drug-likeness (QED) is 0.429. The van der Waals surface area contributed by atoms with Gasteiger partial charge in [-0.2, -0.15) is 0 Å². The molecule has 0 bridgehead atoms. The van der Waals surface area contributed by atoms with Crippen molar-refractivity contribution >= 4 is 29.4 Å². The molecule has 0 aromatic heterocycles. The van der Waals surface area contributed by atoms with Crippen LogP contribution in [-0.2, 0) is 19.1 Å². The summed E-state index contributed by atoms with van der Waals surface area (Å²) in [6.45, 7) is 12.3. The van der Waals surface area contributed by atoms with E-state index in [2.05, 4.69) is 13.2 Å². The Bertz CT molecular complexity index is 552. The first-order chi connectivity index (χ1) is 11.0. The third-order valence-electron chi connectivity index (χ3n) is 3.47. The minimum Gasteiger partial charge on any atom is -0.461 e. The zero-order valence-electron chi connectivity index (χ0n) is 14.4. The van der Waals surface area contributed by atoms with E-state index >= 15 is 0 Å². The Morgan fingerprint density at radius 3 is 2.54 bits per heavy atom. The molecule has 1 unspecified atom stereocenters. The van der Waals surface area contributed by atoms with Gasteiger partial charge >= 0.3 is 12.1 Å². The fourth-order valence-electron chi connectivity index (χ4n) is 2.46. The number of ether oxygens (including phenoxy) is 2. The smallest absolute Gasteiger partial charge is 0.410 e. The lowest BCUT2D eigenvalue weighted by Gasteiger charge is -2.39. The number of hydrogen-bond acceptors (Lipinski definition) is 5. The average Bonchev–Trinajstić information content (AvgIpc) is 2.44. The molecule has 7 heteroatoms. The van der Waals surface area contributed by atoms with E-state index in [0.717, 1.165) is 0 Å². The van der Waals surface area contributed by atoms with Crippen LogP contribution in [0.2, 0.25) is 0 Å². The number of amides is 1. The molecule has 6 nitrogen and oxygen atoms in total. The number of carbonyl (C=O) groups excluding carboxylic acids is 3. The standard InChI is InChI=1S/C17H24ClNO5/c1-6-9-23-14(21)17(10-12(2)18)11-19(8-7-13(17)20)15(22)24-16(3,4)5/h6H,1-2,7-11H2,3-5H3. The molecule has 1 saturated heterocycles. The number of hydrogen-bond donors (Lipinski definition) is 0. The lowest BCUT2D eigenvalue weighted by Crippen LogP contribution is -2.56. The van der Waals surface area contributed by atoms with Gasteiger partial charge in [-0.3, -0.25) is 9.59 Å². The van der Waals surface area contributed by atoms with Crippen LogP contribution in [0.4, 0.5) is 4.79 Å². The normalized spacial score (nSPS) is 21.2. The molecule has 1 fully saturated rings. The number of halogens is 1. The number of carbonyl (C=O) groups is 3. The highest BCUT2D eigenvalue weighted by atomic mass is 35.5. The van der Waals surface area contributed by atoms with E-state index in [1.165, 1.54) is 11.0 Å². The van der Waals surface area contributed by atoms with Crippen LogP contribution in [0.25, 0.3) is 0 Å². The van der Waals surface area contributed by atoms with Crippen molar-refractivity contribution in [1.82, 2.24) is 4.90 Å². The molecule has 1 rings (SSSR count). The van der Waals surface area contributed by atoms with E-state index in [9.17, 15) is 14.4 Å². The highest BCUT2D eigenvalue weighted by Gasteiger charge is 2.52. The number of Topliss-reactive ketones (excluding diaryl/α,β-unsaturated/α-hetero) is 1. The number of likely N-dealkylation sites (tertiary alicyclic amines) is 1. The molecule has 1 aliphatic rings. The van der Waals surface area contributed by atoms with Crippen LogP contribution in [0.15, 0.2) is 24.3 Å². The van der Waals surface area contributed by atoms with Crippen LogP contribution in [0.5, 0.6) is 0 Å². The minimum absolute atomic E-state index is 0.0204. The first-order valence-corrected chi connectivity index (χ1v) is 8.02. The minimum atomic E-state index is -1.56. The molecule has 134 valence electrons. The fraction of sp³-hybridized carbons (Fsp3) is 0.588. The third-order valence-corrected chi connectivity index (χ3v) is 3.61. The predicted octanol–water partition coefficient (Wildman–Crippen LogP) is 3.05. The van der Waals surface area contributed by atoms with E-state index in [0.29, 0.717) is 0 Å². The number of nitrogens with zero attached hydrogens (tertiary/aromatic N) is 1. The van der Waals surface area contributed by atoms with E-state index in [1.807, 2.05) is 0 Å². The van der Waals surface area contributed by atoms with Crippen LogP contribution < -0.4 is 0 Å². The van der Waals surface area contributed by atoms with Gasteiger partial charge in [-0.05, 0) is 20.8 Å². The van der Waals surface area contributed by atoms with Crippen LogP contribution in [0.1, 0.15) is 33.6 Å². The molecular formula is C17H24ClNO5. The van der Waals surface area contributed by atoms with Gasteiger partial charge in [0.15, 0.2) is 5.78 Å². The largest absolute Gasteiger partial charge is 0.461 e. The van der Waals surface area contributed by atoms with Gasteiger partial charge in [-0.1, -0.05) is 30.8 Å². The van der Waals surface area contributed by atoms with E-state index < -0.39 is 23.1 Å². The lowest BCUT2D eigenvalue weighted by molar-refractivity contribution is -0.162. The van der Waals surface area contributed by atoms with Crippen molar-refractivity contribution in [2.24, 2.45) is 5.41 Å². The van der Waals surface area contributed by atoms with Gasteiger partial charge in [0.25, 0.3) is 0 Å². The molecule has 1 aliphatic heterocycles. The van der Waals surface area contributed by atoms with Gasteiger partial charge in [-0.25, -0.2) is 4.79 Å². The second-order valence-corrected chi connectivity index (χ2v) is 7.27. The number of allylic oxidation sites excluding steroid dienone is 1. The van der Waals surface area contributed by atoms with Gasteiger partial charge in [0.2, 0.25) is 0 Å². The number of esters is 1. The number of piperidine rings is 1. The first kappa shape index (κ1) is 20.2. The summed E-state index contributed by atoms with van der Waals surface area (Å²) >= 11 is 5.87. The monoisotopic (exact) mass is 357 g/mol. The van der Waals surface area contributed by atoms with Crippen LogP contribution in [0, 0.1) is 5.41 Å². The molecular weight excluding hydrogens is 334 g/mol. The maximum Gasteiger partial charge on any atom is 0.410 e. The van der Waals surface area contributed by atoms with Gasteiger partial charge in [0.05, 0.1) is 0 Å². The molecule has 1 amide bonds. The van der Waals surface area contributed by atoms with Gasteiger partial charge in [-0.15, -0.1) is 0 Å². The second-order valence-electron chi connectivity index (χ2n) is 6.74. The molecule has 1 heterocycles. The summed E-state index contributed by atoms with van der Waals surface area (Å²) in [6, 6.07) is 0. The van der Waals surface area contributed by atoms with Gasteiger partial charge in [0.1, 0.15) is 17.6 Å². The van der Waals surface area contributed by atoms with Gasteiger partial charge in [0, 0.05) is 31.0 Å². The Morgan fingerprint density at radius 2 is 2.04 bits per heavy atom. The van der Waals surface area contributed by atoms with Crippen LogP contribution in [-0.4, -0.2) is 48.0 Å². The van der Waals surface area contributed by atoms with Crippen molar-refractivity contribution in [1.29, 1.82) is 0 Å². The summed E-state index contributed by atoms with van der Waals surface area (Å²) in [5.41, 5.74) is -2.24. The number of ketones is 1. The molecule has 0 aromatic carbocycles. The zero-order valence-corrected chi connectivity index (χ0v) is 15.1. The van der Waals surface area contributed by atoms with Crippen molar-refractivity contribution in [3.63, 3.8) is 0 Å². The van der Waals surface area contributed by atoms with Crippen molar-refractivity contribution < 1.29 is 23.9 Å². The third kappa shape index (κ3) is 5.09.